The van der Waals surface area contributed by atoms with E-state index in [0.717, 1.165) is 0 Å². The van der Waals surface area contributed by atoms with E-state index in [1.807, 2.05) is 0 Å². The summed E-state index contributed by atoms with van der Waals surface area (Å²) in [6, 6.07) is 4.55. The van der Waals surface area contributed by atoms with Crippen molar-refractivity contribution in [1.82, 2.24) is 0 Å². The summed E-state index contributed by atoms with van der Waals surface area (Å²) >= 11 is 13.6. The number of hydrogen-bond acceptors (Lipinski definition) is 5. The third kappa shape index (κ3) is 4.00. The topological polar surface area (TPSA) is 104 Å². The Kier molecular flexibility index (Phi) is 5.53. The SMILES string of the molecule is O=C(O)CCC(=O)N=C1S[C@@H]2CS(=O)(=O)C[C@@H]2N1c1cccc(Cl)c1Cl. The number of hydrogen-bond donors (Lipinski definition) is 1. The second-order valence-electron chi connectivity index (χ2n) is 5.93. The zero-order valence-corrected chi connectivity index (χ0v) is 16.4. The van der Waals surface area contributed by atoms with Gasteiger partial charge in [-0.2, -0.15) is 4.99 Å². The molecule has 11 heteroatoms. The second kappa shape index (κ2) is 7.38. The molecule has 0 spiro atoms. The van der Waals surface area contributed by atoms with Crippen LogP contribution in [0.4, 0.5) is 5.69 Å². The van der Waals surface area contributed by atoms with Crippen molar-refractivity contribution in [1.29, 1.82) is 0 Å². The fourth-order valence-corrected chi connectivity index (χ4v) is 7.21. The third-order valence-electron chi connectivity index (χ3n) is 4.03. The van der Waals surface area contributed by atoms with Crippen LogP contribution in [0.5, 0.6) is 0 Å². The average molecular weight is 437 g/mol. The van der Waals surface area contributed by atoms with Gasteiger partial charge in [-0.15, -0.1) is 0 Å². The highest BCUT2D eigenvalue weighted by Gasteiger charge is 2.49. The number of sulfone groups is 1. The van der Waals surface area contributed by atoms with Crippen LogP contribution >= 0.6 is 35.0 Å². The lowest BCUT2D eigenvalue weighted by Gasteiger charge is -2.25. The van der Waals surface area contributed by atoms with Gasteiger partial charge in [0.25, 0.3) is 0 Å². The number of nitrogens with zero attached hydrogens (tertiary/aromatic N) is 2. The maximum absolute atomic E-state index is 12.0. The van der Waals surface area contributed by atoms with E-state index < -0.39 is 27.8 Å². The highest BCUT2D eigenvalue weighted by atomic mass is 35.5. The molecule has 140 valence electrons. The maximum Gasteiger partial charge on any atom is 0.303 e. The van der Waals surface area contributed by atoms with E-state index in [9.17, 15) is 18.0 Å². The Labute approximate surface area is 164 Å². The van der Waals surface area contributed by atoms with Crippen LogP contribution in [0.3, 0.4) is 0 Å². The number of carboxylic acid groups (broad SMARTS) is 1. The van der Waals surface area contributed by atoms with Crippen LogP contribution < -0.4 is 4.90 Å². The van der Waals surface area contributed by atoms with Crippen molar-refractivity contribution in [2.75, 3.05) is 16.4 Å². The van der Waals surface area contributed by atoms with Gasteiger partial charge < -0.3 is 10.0 Å². The van der Waals surface area contributed by atoms with Gasteiger partial charge in [0, 0.05) is 11.7 Å². The molecule has 0 unspecified atom stereocenters. The molecule has 2 aliphatic rings. The summed E-state index contributed by atoms with van der Waals surface area (Å²) in [7, 11) is -3.20. The average Bonchev–Trinajstić information content (AvgIpc) is 2.99. The predicted octanol–water partition coefficient (Wildman–Crippen LogP) is 2.46. The largest absolute Gasteiger partial charge is 0.481 e. The molecule has 1 N–H and O–H groups in total. The van der Waals surface area contributed by atoms with Gasteiger partial charge in [0.2, 0.25) is 5.91 Å². The molecule has 1 aromatic rings. The van der Waals surface area contributed by atoms with Crippen molar-refractivity contribution in [2.24, 2.45) is 4.99 Å². The minimum Gasteiger partial charge on any atom is -0.481 e. The second-order valence-corrected chi connectivity index (χ2v) is 10.1. The molecule has 0 bridgehead atoms. The van der Waals surface area contributed by atoms with Crippen molar-refractivity contribution < 1.29 is 23.1 Å². The van der Waals surface area contributed by atoms with E-state index in [-0.39, 0.29) is 34.6 Å². The highest BCUT2D eigenvalue weighted by Crippen LogP contribution is 2.44. The van der Waals surface area contributed by atoms with Crippen LogP contribution in [0.15, 0.2) is 23.2 Å². The van der Waals surface area contributed by atoms with Crippen LogP contribution in [0.25, 0.3) is 0 Å². The number of thioether (sulfide) groups is 1. The van der Waals surface area contributed by atoms with Crippen LogP contribution in [-0.2, 0) is 19.4 Å². The molecule has 2 fully saturated rings. The molecule has 2 atom stereocenters. The third-order valence-corrected chi connectivity index (χ3v) is 8.05. The summed E-state index contributed by atoms with van der Waals surface area (Å²) in [5, 5.41) is 9.27. The lowest BCUT2D eigenvalue weighted by atomic mass is 10.2. The van der Waals surface area contributed by atoms with Crippen LogP contribution in [0.1, 0.15) is 12.8 Å². The maximum atomic E-state index is 12.0. The molecule has 0 saturated carbocycles. The fraction of sp³-hybridized carbons (Fsp3) is 0.400. The summed E-state index contributed by atoms with van der Waals surface area (Å²) in [5.41, 5.74) is 0.473. The Morgan fingerprint density at radius 1 is 1.27 bits per heavy atom. The minimum absolute atomic E-state index is 0.0145. The van der Waals surface area contributed by atoms with Crippen molar-refractivity contribution in [3.05, 3.63) is 28.2 Å². The van der Waals surface area contributed by atoms with Crippen molar-refractivity contribution in [3.8, 4) is 0 Å². The van der Waals surface area contributed by atoms with Gasteiger partial charge in [0.15, 0.2) is 15.0 Å². The summed E-state index contributed by atoms with van der Waals surface area (Å²) in [6.07, 6.45) is -0.552. The predicted molar refractivity (Wildman–Crippen MR) is 102 cm³/mol. The standard InChI is InChI=1S/C15H14Cl2N2O5S2/c16-8-2-1-3-9(14(8)17)19-10-6-26(23,24)7-11(10)25-15(19)18-12(20)4-5-13(21)22/h1-3,10-11H,4-7H2,(H,21,22)/t10-,11+/m0/s1. The monoisotopic (exact) mass is 436 g/mol. The molecule has 0 aliphatic carbocycles. The van der Waals surface area contributed by atoms with E-state index >= 15 is 0 Å². The van der Waals surface area contributed by atoms with Gasteiger partial charge in [-0.25, -0.2) is 8.42 Å². The smallest absolute Gasteiger partial charge is 0.303 e. The number of rotatable bonds is 4. The first-order chi connectivity index (χ1) is 12.2. The van der Waals surface area contributed by atoms with Crippen LogP contribution in [0.2, 0.25) is 10.0 Å². The Hall–Kier alpha value is -1.29. The normalized spacial score (nSPS) is 25.5. The highest BCUT2D eigenvalue weighted by molar-refractivity contribution is 8.16. The number of amides is 1. The molecule has 7 nitrogen and oxygen atoms in total. The number of benzene rings is 1. The van der Waals surface area contributed by atoms with Crippen molar-refractivity contribution in [2.45, 2.75) is 24.1 Å². The zero-order chi connectivity index (χ0) is 19.1. The number of aliphatic imine (C=N–C) groups is 1. The van der Waals surface area contributed by atoms with E-state index in [4.69, 9.17) is 28.3 Å². The molecular formula is C15H14Cl2N2O5S2. The molecule has 1 aromatic carbocycles. The first-order valence-corrected chi connectivity index (χ1v) is 11.1. The fourth-order valence-electron chi connectivity index (χ4n) is 2.90. The van der Waals surface area contributed by atoms with Crippen LogP contribution in [0, 0.1) is 0 Å². The Morgan fingerprint density at radius 3 is 2.69 bits per heavy atom. The van der Waals surface area contributed by atoms with Crippen molar-refractivity contribution in [3.63, 3.8) is 0 Å². The molecular weight excluding hydrogens is 423 g/mol. The summed E-state index contributed by atoms with van der Waals surface area (Å²) in [6.45, 7) is 0. The van der Waals surface area contributed by atoms with E-state index in [1.54, 1.807) is 23.1 Å². The van der Waals surface area contributed by atoms with Gasteiger partial charge in [-0.1, -0.05) is 41.0 Å². The molecule has 2 aliphatic heterocycles. The Bertz CT molecular complexity index is 903. The Morgan fingerprint density at radius 2 is 2.00 bits per heavy atom. The summed E-state index contributed by atoms with van der Waals surface area (Å²) in [5.74, 6) is -1.76. The number of anilines is 1. The summed E-state index contributed by atoms with van der Waals surface area (Å²) < 4.78 is 24.0. The minimum atomic E-state index is -3.20. The van der Waals surface area contributed by atoms with Gasteiger partial charge >= 0.3 is 5.97 Å². The summed E-state index contributed by atoms with van der Waals surface area (Å²) in [4.78, 5) is 28.3. The number of amidine groups is 1. The Balaban J connectivity index is 1.97. The molecule has 0 aromatic heterocycles. The number of carbonyl (C=O) groups is 2. The van der Waals surface area contributed by atoms with E-state index in [1.165, 1.54) is 11.8 Å². The van der Waals surface area contributed by atoms with E-state index in [2.05, 4.69) is 4.99 Å². The lowest BCUT2D eigenvalue weighted by molar-refractivity contribution is -0.138. The molecule has 26 heavy (non-hydrogen) atoms. The first-order valence-electron chi connectivity index (χ1n) is 7.61. The zero-order valence-electron chi connectivity index (χ0n) is 13.3. The first kappa shape index (κ1) is 19.5. The quantitative estimate of drug-likeness (QED) is 0.772. The number of carboxylic acids is 1. The molecule has 3 rings (SSSR count). The molecule has 1 amide bonds. The number of fused-ring (bicyclic) bond motifs is 1. The molecule has 0 radical (unpaired) electrons. The lowest BCUT2D eigenvalue weighted by Crippen LogP contribution is -2.38. The number of aliphatic carboxylic acids is 1. The van der Waals surface area contributed by atoms with E-state index in [0.29, 0.717) is 15.9 Å². The van der Waals surface area contributed by atoms with Crippen molar-refractivity contribution >= 4 is 67.5 Å². The number of halogens is 2. The molecule has 2 heterocycles. The molecule has 2 saturated heterocycles. The van der Waals surface area contributed by atoms with Gasteiger partial charge in [0.1, 0.15) is 0 Å². The van der Waals surface area contributed by atoms with Gasteiger partial charge in [-0.05, 0) is 12.1 Å². The van der Waals surface area contributed by atoms with Crippen LogP contribution in [-0.4, -0.2) is 53.4 Å². The number of carbonyl (C=O) groups excluding carboxylic acids is 1. The van der Waals surface area contributed by atoms with Gasteiger partial charge in [-0.3, -0.25) is 9.59 Å². The van der Waals surface area contributed by atoms with Gasteiger partial charge in [0.05, 0.1) is 39.7 Å².